The number of hydrogen-bond acceptors (Lipinski definition) is 8. The maximum Gasteiger partial charge on any atom is 0.167 e. The van der Waals surface area contributed by atoms with Crippen molar-refractivity contribution in [3.63, 3.8) is 0 Å². The molecular weight excluding hydrogens is 326 g/mol. The molecule has 2 aromatic rings. The lowest BCUT2D eigenvalue weighted by Gasteiger charge is -2.17. The second kappa shape index (κ2) is 7.61. The van der Waals surface area contributed by atoms with E-state index < -0.39 is 24.5 Å². The highest BCUT2D eigenvalue weighted by Crippen LogP contribution is 2.32. The van der Waals surface area contributed by atoms with Crippen LogP contribution in [0.25, 0.3) is 11.2 Å². The first kappa shape index (κ1) is 18.0. The molecule has 0 aliphatic carbocycles. The molecule has 25 heavy (non-hydrogen) atoms. The summed E-state index contributed by atoms with van der Waals surface area (Å²) in [4.78, 5) is 13.3. The molecule has 1 aliphatic rings. The third-order valence-corrected chi connectivity index (χ3v) is 4.30. The molecule has 0 spiro atoms. The predicted molar refractivity (Wildman–Crippen MR) is 91.3 cm³/mol. The Balaban J connectivity index is 1.92. The van der Waals surface area contributed by atoms with E-state index in [0.29, 0.717) is 22.8 Å². The van der Waals surface area contributed by atoms with E-state index in [2.05, 4.69) is 27.2 Å². The summed E-state index contributed by atoms with van der Waals surface area (Å²) in [6.07, 6.45) is 0.151. The zero-order chi connectivity index (χ0) is 18.0. The minimum absolute atomic E-state index is 0.194. The number of aliphatic hydroxyl groups excluding tert-OH is 2. The first-order valence-corrected chi connectivity index (χ1v) is 8.52. The Morgan fingerprint density at radius 2 is 2.12 bits per heavy atom. The van der Waals surface area contributed by atoms with E-state index in [4.69, 9.17) is 9.47 Å². The van der Waals surface area contributed by atoms with Crippen molar-refractivity contribution in [2.75, 3.05) is 25.6 Å². The summed E-state index contributed by atoms with van der Waals surface area (Å²) < 4.78 is 12.4. The number of anilines is 1. The number of nitrogens with zero attached hydrogens (tertiary/aromatic N) is 4. The SMILES string of the molecule is CCCCNc1nc(C)nc2c1ncn2[C@@H]1O[C@H](COC)[C@@H](O)[C@H]1O. The number of aryl methyl sites for hydroxylation is 1. The third kappa shape index (κ3) is 3.45. The van der Waals surface area contributed by atoms with Gasteiger partial charge in [-0.1, -0.05) is 13.3 Å². The number of ether oxygens (including phenoxy) is 2. The maximum absolute atomic E-state index is 10.4. The van der Waals surface area contributed by atoms with Gasteiger partial charge in [0.15, 0.2) is 23.2 Å². The van der Waals surface area contributed by atoms with Crippen LogP contribution in [0.2, 0.25) is 0 Å². The van der Waals surface area contributed by atoms with Gasteiger partial charge in [0.25, 0.3) is 0 Å². The molecule has 0 bridgehead atoms. The molecular formula is C16H25N5O4. The molecule has 9 heteroatoms. The summed E-state index contributed by atoms with van der Waals surface area (Å²) in [6.45, 7) is 4.92. The Labute approximate surface area is 146 Å². The first-order valence-electron chi connectivity index (χ1n) is 8.52. The van der Waals surface area contributed by atoms with E-state index in [9.17, 15) is 10.2 Å². The fourth-order valence-electron chi connectivity index (χ4n) is 2.98. The fraction of sp³-hybridized carbons (Fsp3) is 0.688. The number of imidazole rings is 1. The van der Waals surface area contributed by atoms with Crippen LogP contribution in [-0.4, -0.2) is 68.3 Å². The van der Waals surface area contributed by atoms with Crippen molar-refractivity contribution < 1.29 is 19.7 Å². The van der Waals surface area contributed by atoms with E-state index in [-0.39, 0.29) is 6.61 Å². The highest BCUT2D eigenvalue weighted by atomic mass is 16.6. The fourth-order valence-corrected chi connectivity index (χ4v) is 2.98. The van der Waals surface area contributed by atoms with Crippen molar-refractivity contribution in [1.82, 2.24) is 19.5 Å². The van der Waals surface area contributed by atoms with Gasteiger partial charge in [0, 0.05) is 13.7 Å². The van der Waals surface area contributed by atoms with Gasteiger partial charge in [-0.15, -0.1) is 0 Å². The van der Waals surface area contributed by atoms with Crippen molar-refractivity contribution in [2.45, 2.75) is 51.2 Å². The minimum atomic E-state index is -1.09. The molecule has 138 valence electrons. The Bertz CT molecular complexity index is 722. The Morgan fingerprint density at radius 3 is 2.84 bits per heavy atom. The lowest BCUT2D eigenvalue weighted by molar-refractivity contribution is -0.0580. The van der Waals surface area contributed by atoms with Gasteiger partial charge in [-0.05, 0) is 13.3 Å². The van der Waals surface area contributed by atoms with Crippen LogP contribution in [0.4, 0.5) is 5.82 Å². The Kier molecular flexibility index (Phi) is 5.48. The monoisotopic (exact) mass is 351 g/mol. The lowest BCUT2D eigenvalue weighted by atomic mass is 10.1. The second-order valence-electron chi connectivity index (χ2n) is 6.23. The first-order chi connectivity index (χ1) is 12.1. The second-order valence-corrected chi connectivity index (χ2v) is 6.23. The quantitative estimate of drug-likeness (QED) is 0.622. The van der Waals surface area contributed by atoms with E-state index in [1.54, 1.807) is 17.8 Å². The van der Waals surface area contributed by atoms with Crippen molar-refractivity contribution in [1.29, 1.82) is 0 Å². The zero-order valence-electron chi connectivity index (χ0n) is 14.7. The highest BCUT2D eigenvalue weighted by molar-refractivity contribution is 5.83. The molecule has 4 atom stereocenters. The molecule has 0 radical (unpaired) electrons. The normalized spacial score (nSPS) is 26.4. The summed E-state index contributed by atoms with van der Waals surface area (Å²) in [5.74, 6) is 1.26. The van der Waals surface area contributed by atoms with Crippen LogP contribution in [0.15, 0.2) is 6.33 Å². The smallest absolute Gasteiger partial charge is 0.167 e. The molecule has 0 unspecified atom stereocenters. The molecule has 0 amide bonds. The molecule has 1 saturated heterocycles. The summed E-state index contributed by atoms with van der Waals surface area (Å²) in [7, 11) is 1.52. The molecule has 3 heterocycles. The Hall–Kier alpha value is -1.81. The zero-order valence-corrected chi connectivity index (χ0v) is 14.7. The number of unbranched alkanes of at least 4 members (excludes halogenated alkanes) is 1. The van der Waals surface area contributed by atoms with Gasteiger partial charge < -0.3 is 25.0 Å². The van der Waals surface area contributed by atoms with Crippen molar-refractivity contribution >= 4 is 17.0 Å². The van der Waals surface area contributed by atoms with Gasteiger partial charge in [-0.25, -0.2) is 15.0 Å². The summed E-state index contributed by atoms with van der Waals surface area (Å²) in [5, 5.41) is 23.8. The number of fused-ring (bicyclic) bond motifs is 1. The molecule has 2 aromatic heterocycles. The van der Waals surface area contributed by atoms with E-state index in [1.807, 2.05) is 0 Å². The van der Waals surface area contributed by atoms with Gasteiger partial charge in [0.05, 0.1) is 12.9 Å². The van der Waals surface area contributed by atoms with Crippen LogP contribution < -0.4 is 5.32 Å². The summed E-state index contributed by atoms with van der Waals surface area (Å²) in [5.41, 5.74) is 1.17. The standard InChI is InChI=1S/C16H25N5O4/c1-4-5-6-17-14-11-15(20-9(2)19-14)21(8-18-11)16-13(23)12(22)10(25-16)7-24-3/h8,10,12-13,16,22-23H,4-7H2,1-3H3,(H,17,19,20)/t10-,12-,13-,16-/m1/s1. The number of nitrogens with one attached hydrogen (secondary N) is 1. The summed E-state index contributed by atoms with van der Waals surface area (Å²) in [6, 6.07) is 0. The number of aromatic nitrogens is 4. The van der Waals surface area contributed by atoms with Crippen LogP contribution in [0.5, 0.6) is 0 Å². The molecule has 1 fully saturated rings. The van der Waals surface area contributed by atoms with Crippen molar-refractivity contribution in [3.8, 4) is 0 Å². The average molecular weight is 351 g/mol. The number of aliphatic hydroxyl groups is 2. The van der Waals surface area contributed by atoms with Crippen LogP contribution in [-0.2, 0) is 9.47 Å². The minimum Gasteiger partial charge on any atom is -0.387 e. The molecule has 3 N–H and O–H groups in total. The van der Waals surface area contributed by atoms with E-state index in [1.165, 1.54) is 7.11 Å². The highest BCUT2D eigenvalue weighted by Gasteiger charge is 2.44. The van der Waals surface area contributed by atoms with Gasteiger partial charge in [-0.3, -0.25) is 4.57 Å². The lowest BCUT2D eigenvalue weighted by Crippen LogP contribution is -2.33. The van der Waals surface area contributed by atoms with Gasteiger partial charge >= 0.3 is 0 Å². The van der Waals surface area contributed by atoms with Crippen molar-refractivity contribution in [3.05, 3.63) is 12.2 Å². The number of methoxy groups -OCH3 is 1. The third-order valence-electron chi connectivity index (χ3n) is 4.30. The van der Waals surface area contributed by atoms with Crippen LogP contribution in [0, 0.1) is 6.92 Å². The largest absolute Gasteiger partial charge is 0.387 e. The number of rotatable bonds is 7. The van der Waals surface area contributed by atoms with Gasteiger partial charge in [-0.2, -0.15) is 0 Å². The Morgan fingerprint density at radius 1 is 1.32 bits per heavy atom. The molecule has 9 nitrogen and oxygen atoms in total. The molecule has 0 aromatic carbocycles. The molecule has 0 saturated carbocycles. The number of hydrogen-bond donors (Lipinski definition) is 3. The van der Waals surface area contributed by atoms with Crippen molar-refractivity contribution in [2.24, 2.45) is 0 Å². The molecule has 3 rings (SSSR count). The average Bonchev–Trinajstić information content (AvgIpc) is 3.11. The van der Waals surface area contributed by atoms with Crippen LogP contribution in [0.1, 0.15) is 31.8 Å². The molecule has 1 aliphatic heterocycles. The van der Waals surface area contributed by atoms with Gasteiger partial charge in [0.1, 0.15) is 24.1 Å². The van der Waals surface area contributed by atoms with E-state index >= 15 is 0 Å². The van der Waals surface area contributed by atoms with E-state index in [0.717, 1.165) is 19.4 Å². The summed E-state index contributed by atoms with van der Waals surface area (Å²) >= 11 is 0. The topological polar surface area (TPSA) is 115 Å². The van der Waals surface area contributed by atoms with Gasteiger partial charge in [0.2, 0.25) is 0 Å². The van der Waals surface area contributed by atoms with Crippen LogP contribution >= 0.6 is 0 Å². The van der Waals surface area contributed by atoms with Crippen LogP contribution in [0.3, 0.4) is 0 Å². The maximum atomic E-state index is 10.4. The predicted octanol–water partition coefficient (Wildman–Crippen LogP) is 0.612.